The first-order valence-corrected chi connectivity index (χ1v) is 6.53. The smallest absolute Gasteiger partial charge is 0.296 e. The number of ether oxygens (including phenoxy) is 1. The van der Waals surface area contributed by atoms with E-state index in [1.54, 1.807) is 12.1 Å². The van der Waals surface area contributed by atoms with Crippen LogP contribution in [0.25, 0.3) is 0 Å². The van der Waals surface area contributed by atoms with Crippen molar-refractivity contribution in [1.29, 1.82) is 0 Å². The number of anilines is 1. The van der Waals surface area contributed by atoms with Crippen LogP contribution >= 0.6 is 0 Å². The molecule has 3 N–H and O–H groups in total. The van der Waals surface area contributed by atoms with Gasteiger partial charge >= 0.3 is 0 Å². The summed E-state index contributed by atoms with van der Waals surface area (Å²) in [6.45, 7) is 2.33. The number of nitrogens with zero attached hydrogens (tertiary/aromatic N) is 1. The molecule has 0 aromatic heterocycles. The number of nitrogens with two attached hydrogens (primary N) is 1. The van der Waals surface area contributed by atoms with Crippen LogP contribution in [0.4, 0.5) is 11.4 Å². The molecule has 1 aromatic carbocycles. The van der Waals surface area contributed by atoms with Gasteiger partial charge in [0.25, 0.3) is 5.69 Å². The predicted molar refractivity (Wildman–Crippen MR) is 73.5 cm³/mol. The van der Waals surface area contributed by atoms with Crippen molar-refractivity contribution in [3.05, 3.63) is 28.3 Å². The standard InChI is InChI=1S/C13H19N3O3/c1-2-19-11-5-6-12(13(8-11)16(17)18)15-10-4-3-9(14)7-10/h5-6,8-10,15H,2-4,7,14H2,1H3. The number of nitro groups is 1. The Hall–Kier alpha value is -1.82. The fraction of sp³-hybridized carbons (Fsp3) is 0.538. The highest BCUT2D eigenvalue weighted by molar-refractivity contribution is 5.64. The van der Waals surface area contributed by atoms with Crippen LogP contribution in [-0.4, -0.2) is 23.6 Å². The molecular formula is C13H19N3O3. The lowest BCUT2D eigenvalue weighted by molar-refractivity contribution is -0.384. The van der Waals surface area contributed by atoms with Gasteiger partial charge in [0.1, 0.15) is 11.4 Å². The molecule has 6 nitrogen and oxygen atoms in total. The normalized spacial score (nSPS) is 22.2. The van der Waals surface area contributed by atoms with E-state index in [-0.39, 0.29) is 22.7 Å². The number of nitro benzene ring substituents is 1. The van der Waals surface area contributed by atoms with Crippen LogP contribution in [-0.2, 0) is 0 Å². The summed E-state index contributed by atoms with van der Waals surface area (Å²) in [6, 6.07) is 5.31. The molecule has 0 heterocycles. The van der Waals surface area contributed by atoms with E-state index in [0.29, 0.717) is 18.0 Å². The zero-order valence-corrected chi connectivity index (χ0v) is 11.0. The lowest BCUT2D eigenvalue weighted by Crippen LogP contribution is -2.21. The Balaban J connectivity index is 2.16. The van der Waals surface area contributed by atoms with Crippen LogP contribution in [0.2, 0.25) is 0 Å². The van der Waals surface area contributed by atoms with Gasteiger partial charge in [0.05, 0.1) is 17.6 Å². The van der Waals surface area contributed by atoms with E-state index in [1.165, 1.54) is 6.07 Å². The van der Waals surface area contributed by atoms with Crippen molar-refractivity contribution in [2.45, 2.75) is 38.3 Å². The summed E-state index contributed by atoms with van der Waals surface area (Å²) < 4.78 is 5.29. The molecule has 1 saturated carbocycles. The number of rotatable bonds is 5. The van der Waals surface area contributed by atoms with Crippen LogP contribution < -0.4 is 15.8 Å². The second-order valence-corrected chi connectivity index (χ2v) is 4.78. The Bertz CT molecular complexity index is 464. The Morgan fingerprint density at radius 3 is 2.89 bits per heavy atom. The highest BCUT2D eigenvalue weighted by Gasteiger charge is 2.24. The molecule has 19 heavy (non-hydrogen) atoms. The molecule has 1 aliphatic carbocycles. The SMILES string of the molecule is CCOc1ccc(NC2CCC(N)C2)c([N+](=O)[O-])c1. The van der Waals surface area contributed by atoms with Crippen molar-refractivity contribution in [3.8, 4) is 5.75 Å². The van der Waals surface area contributed by atoms with E-state index in [1.807, 2.05) is 6.92 Å². The second-order valence-electron chi connectivity index (χ2n) is 4.78. The topological polar surface area (TPSA) is 90.4 Å². The number of benzene rings is 1. The van der Waals surface area contributed by atoms with Gasteiger partial charge in [0.2, 0.25) is 0 Å². The number of hydrogen-bond acceptors (Lipinski definition) is 5. The minimum Gasteiger partial charge on any atom is -0.494 e. The lowest BCUT2D eigenvalue weighted by Gasteiger charge is -2.14. The Morgan fingerprint density at radius 1 is 1.53 bits per heavy atom. The summed E-state index contributed by atoms with van der Waals surface area (Å²) in [5.74, 6) is 0.517. The molecule has 2 unspecified atom stereocenters. The zero-order chi connectivity index (χ0) is 13.8. The fourth-order valence-corrected chi connectivity index (χ4v) is 2.41. The third-order valence-corrected chi connectivity index (χ3v) is 3.31. The average molecular weight is 265 g/mol. The third kappa shape index (κ3) is 3.35. The van der Waals surface area contributed by atoms with Crippen molar-refractivity contribution in [2.24, 2.45) is 5.73 Å². The minimum absolute atomic E-state index is 0.0476. The van der Waals surface area contributed by atoms with E-state index in [9.17, 15) is 10.1 Å². The summed E-state index contributed by atoms with van der Waals surface area (Å²) in [4.78, 5) is 10.7. The maximum Gasteiger partial charge on any atom is 0.296 e. The lowest BCUT2D eigenvalue weighted by atomic mass is 10.2. The molecule has 0 amide bonds. The monoisotopic (exact) mass is 265 g/mol. The van der Waals surface area contributed by atoms with E-state index in [2.05, 4.69) is 5.32 Å². The van der Waals surface area contributed by atoms with Crippen LogP contribution in [0.1, 0.15) is 26.2 Å². The summed E-state index contributed by atoms with van der Waals surface area (Å²) in [5.41, 5.74) is 6.43. The van der Waals surface area contributed by atoms with Gasteiger partial charge in [-0.25, -0.2) is 0 Å². The molecule has 2 atom stereocenters. The van der Waals surface area contributed by atoms with Crippen LogP contribution in [0.15, 0.2) is 18.2 Å². The van der Waals surface area contributed by atoms with Crippen molar-refractivity contribution in [1.82, 2.24) is 0 Å². The van der Waals surface area contributed by atoms with E-state index in [0.717, 1.165) is 19.3 Å². The summed E-state index contributed by atoms with van der Waals surface area (Å²) in [6.07, 6.45) is 2.76. The van der Waals surface area contributed by atoms with Gasteiger partial charge < -0.3 is 15.8 Å². The molecule has 104 valence electrons. The van der Waals surface area contributed by atoms with Gasteiger partial charge in [-0.15, -0.1) is 0 Å². The summed E-state index contributed by atoms with van der Waals surface area (Å²) in [7, 11) is 0. The molecular weight excluding hydrogens is 246 g/mol. The summed E-state index contributed by atoms with van der Waals surface area (Å²) >= 11 is 0. The molecule has 1 aliphatic rings. The van der Waals surface area contributed by atoms with Gasteiger partial charge in [-0.1, -0.05) is 0 Å². The molecule has 0 spiro atoms. The van der Waals surface area contributed by atoms with Gasteiger partial charge in [0, 0.05) is 12.1 Å². The highest BCUT2D eigenvalue weighted by Crippen LogP contribution is 2.31. The first-order chi connectivity index (χ1) is 9.10. The molecule has 6 heteroatoms. The number of hydrogen-bond donors (Lipinski definition) is 2. The predicted octanol–water partition coefficient (Wildman–Crippen LogP) is 2.29. The first-order valence-electron chi connectivity index (χ1n) is 6.53. The highest BCUT2D eigenvalue weighted by atomic mass is 16.6. The molecule has 1 aromatic rings. The Labute approximate surface area is 112 Å². The molecule has 0 bridgehead atoms. The van der Waals surface area contributed by atoms with Gasteiger partial charge in [-0.05, 0) is 38.3 Å². The molecule has 0 aliphatic heterocycles. The molecule has 1 fully saturated rings. The first kappa shape index (κ1) is 13.6. The molecule has 0 saturated heterocycles. The fourth-order valence-electron chi connectivity index (χ4n) is 2.41. The van der Waals surface area contributed by atoms with E-state index >= 15 is 0 Å². The Kier molecular flexibility index (Phi) is 4.21. The van der Waals surface area contributed by atoms with Gasteiger partial charge in [0.15, 0.2) is 0 Å². The van der Waals surface area contributed by atoms with Gasteiger partial charge in [-0.2, -0.15) is 0 Å². The van der Waals surface area contributed by atoms with Crippen molar-refractivity contribution >= 4 is 11.4 Å². The van der Waals surface area contributed by atoms with Crippen LogP contribution in [0.3, 0.4) is 0 Å². The minimum atomic E-state index is -0.389. The van der Waals surface area contributed by atoms with Crippen LogP contribution in [0.5, 0.6) is 5.75 Å². The quantitative estimate of drug-likeness (QED) is 0.629. The van der Waals surface area contributed by atoms with E-state index in [4.69, 9.17) is 10.5 Å². The zero-order valence-electron chi connectivity index (χ0n) is 11.0. The average Bonchev–Trinajstić information content (AvgIpc) is 2.77. The number of nitrogens with one attached hydrogen (secondary N) is 1. The summed E-state index contributed by atoms with van der Waals surface area (Å²) in [5, 5.41) is 14.3. The van der Waals surface area contributed by atoms with Crippen molar-refractivity contribution in [2.75, 3.05) is 11.9 Å². The van der Waals surface area contributed by atoms with Crippen molar-refractivity contribution < 1.29 is 9.66 Å². The van der Waals surface area contributed by atoms with Crippen LogP contribution in [0, 0.1) is 10.1 Å². The maximum absolute atomic E-state index is 11.1. The van der Waals surface area contributed by atoms with Crippen molar-refractivity contribution in [3.63, 3.8) is 0 Å². The maximum atomic E-state index is 11.1. The Morgan fingerprint density at radius 2 is 2.32 bits per heavy atom. The van der Waals surface area contributed by atoms with E-state index < -0.39 is 0 Å². The van der Waals surface area contributed by atoms with Gasteiger partial charge in [-0.3, -0.25) is 10.1 Å². The molecule has 0 radical (unpaired) electrons. The largest absolute Gasteiger partial charge is 0.494 e. The molecule has 2 rings (SSSR count). The second kappa shape index (κ2) is 5.88. The third-order valence-electron chi connectivity index (χ3n) is 3.31.